The van der Waals surface area contributed by atoms with Crippen LogP contribution < -0.4 is 9.80 Å². The number of hydrogen-bond acceptors (Lipinski definition) is 7. The number of pyridine rings is 1. The van der Waals surface area contributed by atoms with Gasteiger partial charge in [-0.3, -0.25) is 10.1 Å². The summed E-state index contributed by atoms with van der Waals surface area (Å²) in [6.07, 6.45) is 1.74. The molecule has 1 N–H and O–H groups in total. The molecule has 1 aromatic heterocycles. The average molecular weight is 519 g/mol. The number of rotatable bonds is 9. The van der Waals surface area contributed by atoms with Crippen molar-refractivity contribution in [1.29, 1.82) is 0 Å². The first-order valence-corrected chi connectivity index (χ1v) is 11.7. The van der Waals surface area contributed by atoms with Crippen molar-refractivity contribution in [2.45, 2.75) is 12.8 Å². The molecule has 0 unspecified atom stereocenters. The zero-order chi connectivity index (χ0) is 24.6. The molecular formula is C24H31ClN6O3S. The van der Waals surface area contributed by atoms with Gasteiger partial charge in [0.2, 0.25) is 0 Å². The fraction of sp³-hybridized carbons (Fsp3) is 0.417. The van der Waals surface area contributed by atoms with Gasteiger partial charge in [0.25, 0.3) is 5.69 Å². The number of thiocarbonyl (C=S) groups is 1. The minimum Gasteiger partial charge on any atom is -0.508 e. The molecule has 0 fully saturated rings. The molecule has 0 saturated heterocycles. The normalized spacial score (nSPS) is 13.3. The number of benzene rings is 2. The number of nitro groups is 1. The zero-order valence-electron chi connectivity index (χ0n) is 20.4. The summed E-state index contributed by atoms with van der Waals surface area (Å²) in [5.41, 5.74) is 2.49. The number of hydrogen-bond donors (Lipinski definition) is 1. The standard InChI is InChI=1S/C24H30N6O3S.ClH/c1-26(2)11-5-13-28-19-9-10-20(30(32)33)22-21(19)23(17-15-16(31)7-8-18(17)25-22)29(24(28)34)14-6-12-27(3)4;/h7-10,15,31H,5-6,11-14H2,1-4H3;1H. The molecule has 0 spiro atoms. The summed E-state index contributed by atoms with van der Waals surface area (Å²) in [4.78, 5) is 24.6. The molecule has 35 heavy (non-hydrogen) atoms. The first-order valence-electron chi connectivity index (χ1n) is 11.3. The van der Waals surface area contributed by atoms with E-state index in [4.69, 9.17) is 12.2 Å². The number of phenolic OH excluding ortho intramolecular Hbond substituents is 1. The van der Waals surface area contributed by atoms with E-state index in [1.54, 1.807) is 24.3 Å². The molecule has 0 radical (unpaired) electrons. The Labute approximate surface area is 216 Å². The Kier molecular flexibility index (Phi) is 8.32. The van der Waals surface area contributed by atoms with Gasteiger partial charge in [-0.05, 0) is 90.6 Å². The van der Waals surface area contributed by atoms with Crippen LogP contribution in [0.2, 0.25) is 0 Å². The number of nitrogens with zero attached hydrogens (tertiary/aromatic N) is 6. The van der Waals surface area contributed by atoms with Crippen LogP contribution in [-0.2, 0) is 0 Å². The third-order valence-electron chi connectivity index (χ3n) is 6.03. The third-order valence-corrected chi connectivity index (χ3v) is 6.47. The van der Waals surface area contributed by atoms with Crippen molar-refractivity contribution < 1.29 is 10.0 Å². The van der Waals surface area contributed by atoms with Crippen molar-refractivity contribution in [2.75, 3.05) is 64.2 Å². The predicted molar refractivity (Wildman–Crippen MR) is 148 cm³/mol. The van der Waals surface area contributed by atoms with Crippen molar-refractivity contribution in [2.24, 2.45) is 0 Å². The SMILES string of the molecule is CN(C)CCCN1C(=S)N(CCCN(C)C)c2c3cc(O)ccc3nc3c([N+](=O)[O-])ccc1c23.Cl. The molecule has 1 aliphatic rings. The number of aromatic hydroxyl groups is 1. The maximum atomic E-state index is 11.9. The number of non-ortho nitro benzene ring substituents is 1. The molecule has 9 nitrogen and oxygen atoms in total. The van der Waals surface area contributed by atoms with Crippen molar-refractivity contribution in [1.82, 2.24) is 14.8 Å². The van der Waals surface area contributed by atoms with Gasteiger partial charge in [0.1, 0.15) is 5.75 Å². The molecule has 1 aliphatic heterocycles. The molecule has 2 heterocycles. The maximum absolute atomic E-state index is 11.9. The summed E-state index contributed by atoms with van der Waals surface area (Å²) in [7, 11) is 8.12. The minimum absolute atomic E-state index is 0. The van der Waals surface area contributed by atoms with E-state index in [0.717, 1.165) is 42.7 Å². The number of aromatic nitrogens is 1. The number of halogens is 1. The molecule has 0 amide bonds. The van der Waals surface area contributed by atoms with Gasteiger partial charge in [-0.2, -0.15) is 0 Å². The van der Waals surface area contributed by atoms with Crippen molar-refractivity contribution >= 4 is 68.6 Å². The summed E-state index contributed by atoms with van der Waals surface area (Å²) in [5.74, 6) is 0.115. The van der Waals surface area contributed by atoms with Crippen LogP contribution in [0.25, 0.3) is 21.8 Å². The molecule has 2 aromatic carbocycles. The highest BCUT2D eigenvalue weighted by atomic mass is 35.5. The molecule has 4 rings (SSSR count). The summed E-state index contributed by atoms with van der Waals surface area (Å²) >= 11 is 6.02. The molecular weight excluding hydrogens is 488 g/mol. The van der Waals surface area contributed by atoms with Crippen LogP contribution in [-0.4, -0.2) is 84.3 Å². The topological polar surface area (TPSA) is 89.2 Å². The molecule has 0 atom stereocenters. The van der Waals surface area contributed by atoms with Gasteiger partial charge >= 0.3 is 0 Å². The Morgan fingerprint density at radius 2 is 1.66 bits per heavy atom. The number of nitro benzene ring substituents is 1. The number of anilines is 2. The Hall–Kier alpha value is -2.79. The lowest BCUT2D eigenvalue weighted by atomic mass is 10.0. The van der Waals surface area contributed by atoms with E-state index in [-0.39, 0.29) is 28.8 Å². The van der Waals surface area contributed by atoms with Gasteiger partial charge in [0, 0.05) is 24.5 Å². The number of fused-ring (bicyclic) bond motifs is 2. The van der Waals surface area contributed by atoms with E-state index in [1.807, 2.05) is 28.2 Å². The second-order valence-electron chi connectivity index (χ2n) is 9.15. The van der Waals surface area contributed by atoms with Crippen LogP contribution in [0.4, 0.5) is 17.1 Å². The van der Waals surface area contributed by atoms with E-state index >= 15 is 0 Å². The van der Waals surface area contributed by atoms with Crippen LogP contribution in [0.5, 0.6) is 5.75 Å². The van der Waals surface area contributed by atoms with Gasteiger partial charge in [0.15, 0.2) is 10.6 Å². The molecule has 0 aliphatic carbocycles. The summed E-state index contributed by atoms with van der Waals surface area (Å²) in [6.45, 7) is 3.10. The second kappa shape index (κ2) is 10.9. The highest BCUT2D eigenvalue weighted by molar-refractivity contribution is 7.80. The highest BCUT2D eigenvalue weighted by Crippen LogP contribution is 2.46. The quantitative estimate of drug-likeness (QED) is 0.193. The van der Waals surface area contributed by atoms with Gasteiger partial charge in [0.05, 0.1) is 27.2 Å². The maximum Gasteiger partial charge on any atom is 0.295 e. The molecule has 0 bridgehead atoms. The zero-order valence-corrected chi connectivity index (χ0v) is 22.0. The van der Waals surface area contributed by atoms with E-state index in [9.17, 15) is 15.2 Å². The first kappa shape index (κ1) is 26.8. The van der Waals surface area contributed by atoms with Gasteiger partial charge in [-0.1, -0.05) is 0 Å². The monoisotopic (exact) mass is 518 g/mol. The van der Waals surface area contributed by atoms with E-state index in [2.05, 4.69) is 24.6 Å². The summed E-state index contributed by atoms with van der Waals surface area (Å²) < 4.78 is 0. The lowest BCUT2D eigenvalue weighted by Gasteiger charge is -2.40. The van der Waals surface area contributed by atoms with Gasteiger partial charge < -0.3 is 24.7 Å². The van der Waals surface area contributed by atoms with Crippen LogP contribution in [0.3, 0.4) is 0 Å². The van der Waals surface area contributed by atoms with Crippen molar-refractivity contribution in [3.05, 3.63) is 40.4 Å². The Morgan fingerprint density at radius 1 is 1.03 bits per heavy atom. The molecule has 11 heteroatoms. The Morgan fingerprint density at radius 3 is 2.26 bits per heavy atom. The van der Waals surface area contributed by atoms with Crippen LogP contribution in [0, 0.1) is 10.1 Å². The Bertz CT molecular complexity index is 1270. The smallest absolute Gasteiger partial charge is 0.295 e. The average Bonchev–Trinajstić information content (AvgIpc) is 2.76. The van der Waals surface area contributed by atoms with E-state index in [0.29, 0.717) is 34.6 Å². The summed E-state index contributed by atoms with van der Waals surface area (Å²) in [6, 6.07) is 8.21. The minimum atomic E-state index is -0.387. The molecule has 188 valence electrons. The van der Waals surface area contributed by atoms with E-state index < -0.39 is 0 Å². The van der Waals surface area contributed by atoms with E-state index in [1.165, 1.54) is 6.07 Å². The largest absolute Gasteiger partial charge is 0.508 e. The second-order valence-corrected chi connectivity index (χ2v) is 9.51. The first-order chi connectivity index (χ1) is 16.2. The summed E-state index contributed by atoms with van der Waals surface area (Å²) in [5, 5.41) is 24.3. The van der Waals surface area contributed by atoms with Crippen LogP contribution in [0.15, 0.2) is 30.3 Å². The third kappa shape index (κ3) is 5.25. The lowest BCUT2D eigenvalue weighted by Crippen LogP contribution is -2.48. The fourth-order valence-electron chi connectivity index (χ4n) is 4.49. The van der Waals surface area contributed by atoms with Crippen molar-refractivity contribution in [3.63, 3.8) is 0 Å². The lowest BCUT2D eigenvalue weighted by molar-refractivity contribution is -0.383. The van der Waals surface area contributed by atoms with Gasteiger partial charge in [-0.15, -0.1) is 12.4 Å². The van der Waals surface area contributed by atoms with Crippen LogP contribution in [0.1, 0.15) is 12.8 Å². The van der Waals surface area contributed by atoms with Crippen molar-refractivity contribution in [3.8, 4) is 5.75 Å². The van der Waals surface area contributed by atoms with Crippen LogP contribution >= 0.6 is 24.6 Å². The molecule has 3 aromatic rings. The highest BCUT2D eigenvalue weighted by Gasteiger charge is 2.34. The number of phenols is 1. The van der Waals surface area contributed by atoms with Gasteiger partial charge in [-0.25, -0.2) is 4.98 Å². The molecule has 0 saturated carbocycles. The fourth-order valence-corrected chi connectivity index (χ4v) is 4.87. The Balaban J connectivity index is 0.00000342. The predicted octanol–water partition coefficient (Wildman–Crippen LogP) is 4.24.